The SMILES string of the molecule is CC1CC(=O)Nc2ccccc2N1C(=O)COC(=O)c1nn(-c2ccc(F)cc2)c2c1CCC2. The zero-order valence-electron chi connectivity index (χ0n) is 18.6. The van der Waals surface area contributed by atoms with Gasteiger partial charge in [-0.05, 0) is 62.6 Å². The fraction of sp³-hybridized carbons (Fsp3) is 0.280. The summed E-state index contributed by atoms with van der Waals surface area (Å²) in [4.78, 5) is 39.7. The van der Waals surface area contributed by atoms with E-state index in [4.69, 9.17) is 4.74 Å². The van der Waals surface area contributed by atoms with Crippen molar-refractivity contribution in [2.45, 2.75) is 38.6 Å². The monoisotopic (exact) mass is 462 g/mol. The van der Waals surface area contributed by atoms with Crippen LogP contribution in [-0.2, 0) is 27.2 Å². The third-order valence-corrected chi connectivity index (χ3v) is 6.15. The lowest BCUT2D eigenvalue weighted by atomic mass is 10.1. The highest BCUT2D eigenvalue weighted by Gasteiger charge is 2.32. The van der Waals surface area contributed by atoms with E-state index in [9.17, 15) is 18.8 Å². The van der Waals surface area contributed by atoms with Crippen molar-refractivity contribution in [2.75, 3.05) is 16.8 Å². The Morgan fingerprint density at radius 2 is 1.91 bits per heavy atom. The lowest BCUT2D eigenvalue weighted by Gasteiger charge is -2.27. The van der Waals surface area contributed by atoms with Crippen LogP contribution in [0.25, 0.3) is 5.69 Å². The number of fused-ring (bicyclic) bond motifs is 2. The standard InChI is InChI=1S/C25H23FN4O4/c1-15-13-22(31)27-19-6-2-3-7-21(19)29(15)23(32)14-34-25(33)24-18-5-4-8-20(18)30(28-24)17-11-9-16(26)10-12-17/h2-3,6-7,9-12,15H,4-5,8,13-14H2,1H3,(H,27,31). The summed E-state index contributed by atoms with van der Waals surface area (Å²) in [6.07, 6.45) is 2.43. The molecule has 2 aliphatic rings. The van der Waals surface area contributed by atoms with E-state index in [2.05, 4.69) is 10.4 Å². The number of nitrogens with zero attached hydrogens (tertiary/aromatic N) is 3. The topological polar surface area (TPSA) is 93.5 Å². The van der Waals surface area contributed by atoms with Gasteiger partial charge in [0.1, 0.15) is 5.82 Å². The van der Waals surface area contributed by atoms with Gasteiger partial charge in [0, 0.05) is 23.7 Å². The number of nitrogens with one attached hydrogen (secondary N) is 1. The summed E-state index contributed by atoms with van der Waals surface area (Å²) in [6.45, 7) is 1.29. The second-order valence-electron chi connectivity index (χ2n) is 8.47. The first kappa shape index (κ1) is 21.8. The molecule has 9 heteroatoms. The average Bonchev–Trinajstić information content (AvgIpc) is 3.39. The maximum absolute atomic E-state index is 13.3. The minimum Gasteiger partial charge on any atom is -0.451 e. The number of carbonyl (C=O) groups excluding carboxylic acids is 3. The van der Waals surface area contributed by atoms with Gasteiger partial charge in [-0.15, -0.1) is 0 Å². The summed E-state index contributed by atoms with van der Waals surface area (Å²) < 4.78 is 20.4. The van der Waals surface area contributed by atoms with E-state index in [0.717, 1.165) is 24.1 Å². The van der Waals surface area contributed by atoms with Crippen LogP contribution < -0.4 is 10.2 Å². The predicted molar refractivity (Wildman–Crippen MR) is 122 cm³/mol. The number of halogens is 1. The van der Waals surface area contributed by atoms with Crippen molar-refractivity contribution < 1.29 is 23.5 Å². The Morgan fingerprint density at radius 1 is 1.15 bits per heavy atom. The van der Waals surface area contributed by atoms with Crippen molar-refractivity contribution in [3.8, 4) is 5.69 Å². The van der Waals surface area contributed by atoms with Crippen molar-refractivity contribution >= 4 is 29.2 Å². The zero-order valence-corrected chi connectivity index (χ0v) is 18.6. The van der Waals surface area contributed by atoms with E-state index >= 15 is 0 Å². The molecule has 1 N–H and O–H groups in total. The van der Waals surface area contributed by atoms with Crippen LogP contribution in [-0.4, -0.2) is 40.2 Å². The molecule has 3 aromatic rings. The molecular formula is C25H23FN4O4. The van der Waals surface area contributed by atoms with Crippen LogP contribution in [0.5, 0.6) is 0 Å². The van der Waals surface area contributed by atoms with Gasteiger partial charge in [0.25, 0.3) is 5.91 Å². The summed E-state index contributed by atoms with van der Waals surface area (Å²) >= 11 is 0. The van der Waals surface area contributed by atoms with Crippen LogP contribution in [0.1, 0.15) is 41.5 Å². The summed E-state index contributed by atoms with van der Waals surface area (Å²) in [7, 11) is 0. The number of para-hydroxylation sites is 2. The quantitative estimate of drug-likeness (QED) is 0.600. The van der Waals surface area contributed by atoms with Crippen molar-refractivity contribution in [1.29, 1.82) is 0 Å². The third kappa shape index (κ3) is 3.93. The Morgan fingerprint density at radius 3 is 2.71 bits per heavy atom. The molecule has 2 amide bonds. The van der Waals surface area contributed by atoms with Crippen LogP contribution in [0, 0.1) is 5.82 Å². The molecule has 34 heavy (non-hydrogen) atoms. The number of rotatable bonds is 4. The minimum atomic E-state index is -0.683. The number of aromatic nitrogens is 2. The number of hydrogen-bond donors (Lipinski definition) is 1. The van der Waals surface area contributed by atoms with E-state index in [-0.39, 0.29) is 23.8 Å². The van der Waals surface area contributed by atoms with E-state index in [1.165, 1.54) is 17.0 Å². The van der Waals surface area contributed by atoms with Gasteiger partial charge >= 0.3 is 5.97 Å². The van der Waals surface area contributed by atoms with Gasteiger partial charge in [0.05, 0.1) is 17.1 Å². The first-order chi connectivity index (χ1) is 16.4. The first-order valence-electron chi connectivity index (χ1n) is 11.2. The molecule has 0 saturated carbocycles. The minimum absolute atomic E-state index is 0.129. The maximum Gasteiger partial charge on any atom is 0.359 e. The van der Waals surface area contributed by atoms with Crippen LogP contribution in [0.3, 0.4) is 0 Å². The highest BCUT2D eigenvalue weighted by molar-refractivity contribution is 6.05. The van der Waals surface area contributed by atoms with Crippen molar-refractivity contribution in [1.82, 2.24) is 9.78 Å². The number of benzene rings is 2. The molecule has 1 unspecified atom stereocenters. The second-order valence-corrected chi connectivity index (χ2v) is 8.47. The smallest absolute Gasteiger partial charge is 0.359 e. The first-order valence-corrected chi connectivity index (χ1v) is 11.2. The molecule has 0 saturated heterocycles. The average molecular weight is 462 g/mol. The summed E-state index contributed by atoms with van der Waals surface area (Å²) in [6, 6.07) is 12.5. The maximum atomic E-state index is 13.3. The normalized spacial score (nSPS) is 16.9. The Balaban J connectivity index is 1.36. The lowest BCUT2D eigenvalue weighted by Crippen LogP contribution is -2.41. The molecule has 174 valence electrons. The number of hydrogen-bond acceptors (Lipinski definition) is 5. The van der Waals surface area contributed by atoms with Crippen LogP contribution in [0.15, 0.2) is 48.5 Å². The Labute approximate surface area is 195 Å². The highest BCUT2D eigenvalue weighted by atomic mass is 19.1. The fourth-order valence-electron chi connectivity index (χ4n) is 4.63. The number of anilines is 2. The highest BCUT2D eigenvalue weighted by Crippen LogP contribution is 2.32. The molecule has 0 fully saturated rings. The third-order valence-electron chi connectivity index (χ3n) is 6.15. The molecule has 1 atom stereocenters. The van der Waals surface area contributed by atoms with E-state index in [1.807, 2.05) is 0 Å². The molecule has 0 spiro atoms. The number of ether oxygens (including phenoxy) is 1. The van der Waals surface area contributed by atoms with Crippen LogP contribution in [0.4, 0.5) is 15.8 Å². The molecule has 1 aliphatic heterocycles. The van der Waals surface area contributed by atoms with E-state index in [0.29, 0.717) is 23.5 Å². The number of amides is 2. The molecule has 2 heterocycles. The number of carbonyl (C=O) groups is 3. The molecule has 1 aromatic heterocycles. The largest absolute Gasteiger partial charge is 0.451 e. The lowest BCUT2D eigenvalue weighted by molar-refractivity contribution is -0.122. The van der Waals surface area contributed by atoms with Crippen molar-refractivity contribution in [3.63, 3.8) is 0 Å². The van der Waals surface area contributed by atoms with Crippen LogP contribution in [0.2, 0.25) is 0 Å². The molecular weight excluding hydrogens is 439 g/mol. The summed E-state index contributed by atoms with van der Waals surface area (Å²) in [5.74, 6) is -1.65. The van der Waals surface area contributed by atoms with Crippen molar-refractivity contribution in [2.24, 2.45) is 0 Å². The Hall–Kier alpha value is -4.01. The van der Waals surface area contributed by atoms with Gasteiger partial charge in [-0.3, -0.25) is 9.59 Å². The van der Waals surface area contributed by atoms with Gasteiger partial charge in [0.15, 0.2) is 12.3 Å². The predicted octanol–water partition coefficient (Wildman–Crippen LogP) is 3.42. The number of esters is 1. The molecule has 0 radical (unpaired) electrons. The molecule has 2 aromatic carbocycles. The molecule has 1 aliphatic carbocycles. The van der Waals surface area contributed by atoms with Crippen LogP contribution >= 0.6 is 0 Å². The second kappa shape index (κ2) is 8.74. The summed E-state index contributed by atoms with van der Waals surface area (Å²) in [5, 5.41) is 7.24. The van der Waals surface area contributed by atoms with E-state index < -0.39 is 24.5 Å². The molecule has 8 nitrogen and oxygen atoms in total. The molecule has 5 rings (SSSR count). The Bertz CT molecular complexity index is 1280. The van der Waals surface area contributed by atoms with Gasteiger partial charge in [-0.25, -0.2) is 13.9 Å². The van der Waals surface area contributed by atoms with Gasteiger partial charge in [-0.2, -0.15) is 5.10 Å². The van der Waals surface area contributed by atoms with Gasteiger partial charge < -0.3 is 15.0 Å². The molecule has 0 bridgehead atoms. The summed E-state index contributed by atoms with van der Waals surface area (Å²) in [5.41, 5.74) is 3.61. The van der Waals surface area contributed by atoms with Gasteiger partial charge in [0.2, 0.25) is 5.91 Å². The van der Waals surface area contributed by atoms with Crippen molar-refractivity contribution in [3.05, 3.63) is 71.3 Å². The fourth-order valence-corrected chi connectivity index (χ4v) is 4.63. The zero-order chi connectivity index (χ0) is 23.8. The van der Waals surface area contributed by atoms with E-state index in [1.54, 1.807) is 48.0 Å². The Kier molecular flexibility index (Phi) is 5.61. The van der Waals surface area contributed by atoms with Gasteiger partial charge in [-0.1, -0.05) is 12.1 Å².